The molecule has 2 aromatic rings. The first kappa shape index (κ1) is 11.7. The van der Waals surface area contributed by atoms with E-state index in [1.165, 1.54) is 11.1 Å². The van der Waals surface area contributed by atoms with Gasteiger partial charge in [-0.1, -0.05) is 38.1 Å². The fourth-order valence-electron chi connectivity index (χ4n) is 1.73. The Hall–Kier alpha value is -1.77. The zero-order valence-corrected chi connectivity index (χ0v) is 10.5. The van der Waals surface area contributed by atoms with E-state index >= 15 is 0 Å². The summed E-state index contributed by atoms with van der Waals surface area (Å²) in [5.74, 6) is 0.576. The van der Waals surface area contributed by atoms with Crippen molar-refractivity contribution in [1.82, 2.24) is 4.98 Å². The Morgan fingerprint density at radius 2 is 1.94 bits per heavy atom. The van der Waals surface area contributed by atoms with Gasteiger partial charge in [0.15, 0.2) is 0 Å². The lowest BCUT2D eigenvalue weighted by atomic mass is 10.0. The van der Waals surface area contributed by atoms with Gasteiger partial charge in [-0.15, -0.1) is 0 Å². The molecular weight excluding hydrogens is 212 g/mol. The topological polar surface area (TPSA) is 38.1 Å². The Bertz CT molecular complexity index is 471. The quantitative estimate of drug-likeness (QED) is 0.874. The predicted octanol–water partition coefficient (Wildman–Crippen LogP) is 3.43. The predicted molar refractivity (Wildman–Crippen MR) is 69.4 cm³/mol. The van der Waals surface area contributed by atoms with Gasteiger partial charge in [-0.25, -0.2) is 0 Å². The van der Waals surface area contributed by atoms with E-state index in [1.807, 2.05) is 0 Å². The molecule has 17 heavy (non-hydrogen) atoms. The van der Waals surface area contributed by atoms with Gasteiger partial charge < -0.3 is 9.73 Å². The smallest absolute Gasteiger partial charge is 0.294 e. The molecule has 0 spiro atoms. The molecule has 0 unspecified atom stereocenters. The largest absolute Gasteiger partial charge is 0.432 e. The van der Waals surface area contributed by atoms with Crippen molar-refractivity contribution < 1.29 is 4.42 Å². The molecule has 0 atom stereocenters. The Kier molecular flexibility index (Phi) is 3.47. The molecule has 1 aromatic heterocycles. The molecular formula is C14H18N2O. The highest BCUT2D eigenvalue weighted by Gasteiger charge is 2.04. The lowest BCUT2D eigenvalue weighted by Crippen LogP contribution is -1.92. The molecule has 1 heterocycles. The van der Waals surface area contributed by atoms with Crippen LogP contribution in [-0.2, 0) is 6.42 Å². The van der Waals surface area contributed by atoms with E-state index in [0.29, 0.717) is 11.9 Å². The summed E-state index contributed by atoms with van der Waals surface area (Å²) in [7, 11) is 1.80. The van der Waals surface area contributed by atoms with Gasteiger partial charge in [-0.2, -0.15) is 4.98 Å². The van der Waals surface area contributed by atoms with E-state index < -0.39 is 0 Å². The maximum Gasteiger partial charge on any atom is 0.294 e. The zero-order chi connectivity index (χ0) is 12.3. The first-order chi connectivity index (χ1) is 8.19. The van der Waals surface area contributed by atoms with Crippen LogP contribution < -0.4 is 5.32 Å². The van der Waals surface area contributed by atoms with Gasteiger partial charge in [0.1, 0.15) is 6.26 Å². The molecule has 90 valence electrons. The zero-order valence-electron chi connectivity index (χ0n) is 10.5. The van der Waals surface area contributed by atoms with Crippen LogP contribution in [0.3, 0.4) is 0 Å². The average Bonchev–Trinajstić information content (AvgIpc) is 2.77. The van der Waals surface area contributed by atoms with Crippen molar-refractivity contribution in [1.29, 1.82) is 0 Å². The van der Waals surface area contributed by atoms with Gasteiger partial charge in [0, 0.05) is 13.5 Å². The second-order valence-electron chi connectivity index (χ2n) is 4.47. The summed E-state index contributed by atoms with van der Waals surface area (Å²) in [6, 6.07) is 9.24. The van der Waals surface area contributed by atoms with E-state index in [1.54, 1.807) is 13.3 Å². The minimum Gasteiger partial charge on any atom is -0.432 e. The number of hydrogen-bond acceptors (Lipinski definition) is 3. The van der Waals surface area contributed by atoms with Crippen LogP contribution in [0.5, 0.6) is 0 Å². The summed E-state index contributed by atoms with van der Waals surface area (Å²) < 4.78 is 5.23. The average molecular weight is 230 g/mol. The third-order valence-corrected chi connectivity index (χ3v) is 2.80. The van der Waals surface area contributed by atoms with Crippen molar-refractivity contribution in [2.75, 3.05) is 12.4 Å². The molecule has 0 amide bonds. The monoisotopic (exact) mass is 230 g/mol. The van der Waals surface area contributed by atoms with E-state index in [2.05, 4.69) is 48.4 Å². The standard InChI is InChI=1S/C14H18N2O/c1-10(2)12-6-4-11(5-7-12)8-13-9-17-14(15-3)16-13/h4-7,9-10H,8H2,1-3H3,(H,15,16). The number of nitrogens with zero attached hydrogens (tertiary/aromatic N) is 1. The lowest BCUT2D eigenvalue weighted by Gasteiger charge is -2.05. The molecule has 3 heteroatoms. The molecule has 3 nitrogen and oxygen atoms in total. The van der Waals surface area contributed by atoms with Gasteiger partial charge in [-0.05, 0) is 17.0 Å². The van der Waals surface area contributed by atoms with Crippen molar-refractivity contribution in [3.63, 3.8) is 0 Å². The molecule has 0 aliphatic heterocycles. The van der Waals surface area contributed by atoms with Crippen molar-refractivity contribution in [3.05, 3.63) is 47.3 Å². The minimum atomic E-state index is 0.568. The van der Waals surface area contributed by atoms with E-state index in [0.717, 1.165) is 12.1 Å². The maximum atomic E-state index is 5.23. The second kappa shape index (κ2) is 5.04. The minimum absolute atomic E-state index is 0.568. The van der Waals surface area contributed by atoms with Gasteiger partial charge >= 0.3 is 0 Å². The van der Waals surface area contributed by atoms with Gasteiger partial charge in [0.25, 0.3) is 6.01 Å². The summed E-state index contributed by atoms with van der Waals surface area (Å²) in [5, 5.41) is 2.88. The Balaban J connectivity index is 2.08. The van der Waals surface area contributed by atoms with Crippen LogP contribution >= 0.6 is 0 Å². The fourth-order valence-corrected chi connectivity index (χ4v) is 1.73. The third kappa shape index (κ3) is 2.87. The third-order valence-electron chi connectivity index (χ3n) is 2.80. The van der Waals surface area contributed by atoms with Crippen LogP contribution in [0.1, 0.15) is 36.6 Å². The van der Waals surface area contributed by atoms with Crippen molar-refractivity contribution in [2.24, 2.45) is 0 Å². The Morgan fingerprint density at radius 3 is 2.47 bits per heavy atom. The first-order valence-corrected chi connectivity index (χ1v) is 5.90. The molecule has 1 aromatic carbocycles. The van der Waals surface area contributed by atoms with Crippen LogP contribution in [0.4, 0.5) is 6.01 Å². The molecule has 0 fully saturated rings. The van der Waals surface area contributed by atoms with Gasteiger partial charge in [0.05, 0.1) is 5.69 Å². The molecule has 2 rings (SSSR count). The lowest BCUT2D eigenvalue weighted by molar-refractivity contribution is 0.574. The number of nitrogens with one attached hydrogen (secondary N) is 1. The Morgan fingerprint density at radius 1 is 1.24 bits per heavy atom. The first-order valence-electron chi connectivity index (χ1n) is 5.90. The van der Waals surface area contributed by atoms with Crippen LogP contribution in [0.2, 0.25) is 0 Å². The van der Waals surface area contributed by atoms with Gasteiger partial charge in [0.2, 0.25) is 0 Å². The fraction of sp³-hybridized carbons (Fsp3) is 0.357. The molecule has 0 radical (unpaired) electrons. The van der Waals surface area contributed by atoms with Crippen LogP contribution in [0.15, 0.2) is 34.9 Å². The highest BCUT2D eigenvalue weighted by molar-refractivity contribution is 5.28. The number of benzene rings is 1. The highest BCUT2D eigenvalue weighted by Crippen LogP contribution is 2.17. The molecule has 0 aliphatic rings. The second-order valence-corrected chi connectivity index (χ2v) is 4.47. The molecule has 0 bridgehead atoms. The normalized spacial score (nSPS) is 10.8. The molecule has 1 N–H and O–H groups in total. The number of aromatic nitrogens is 1. The number of rotatable bonds is 4. The van der Waals surface area contributed by atoms with E-state index in [-0.39, 0.29) is 0 Å². The summed E-state index contributed by atoms with van der Waals surface area (Å²) in [5.41, 5.74) is 3.57. The number of hydrogen-bond donors (Lipinski definition) is 1. The maximum absolute atomic E-state index is 5.23. The highest BCUT2D eigenvalue weighted by atomic mass is 16.4. The molecule has 0 saturated carbocycles. The summed E-state index contributed by atoms with van der Waals surface area (Å²) in [4.78, 5) is 4.30. The van der Waals surface area contributed by atoms with Crippen molar-refractivity contribution in [2.45, 2.75) is 26.2 Å². The van der Waals surface area contributed by atoms with Crippen molar-refractivity contribution in [3.8, 4) is 0 Å². The van der Waals surface area contributed by atoms with Crippen LogP contribution in [-0.4, -0.2) is 12.0 Å². The molecule has 0 aliphatic carbocycles. The Labute approximate surface area is 102 Å². The summed E-state index contributed by atoms with van der Waals surface area (Å²) >= 11 is 0. The SMILES string of the molecule is CNc1nc(Cc2ccc(C(C)C)cc2)co1. The van der Waals surface area contributed by atoms with Crippen LogP contribution in [0, 0.1) is 0 Å². The van der Waals surface area contributed by atoms with Crippen LogP contribution in [0.25, 0.3) is 0 Å². The van der Waals surface area contributed by atoms with Crippen molar-refractivity contribution >= 4 is 6.01 Å². The molecule has 0 saturated heterocycles. The van der Waals surface area contributed by atoms with Gasteiger partial charge in [-0.3, -0.25) is 0 Å². The van der Waals surface area contributed by atoms with E-state index in [4.69, 9.17) is 4.42 Å². The summed E-state index contributed by atoms with van der Waals surface area (Å²) in [6.07, 6.45) is 2.51. The number of anilines is 1. The number of oxazole rings is 1. The summed E-state index contributed by atoms with van der Waals surface area (Å²) in [6.45, 7) is 4.40. The van der Waals surface area contributed by atoms with E-state index in [9.17, 15) is 0 Å².